The highest BCUT2D eigenvalue weighted by Gasteiger charge is 2.20. The molecule has 0 radical (unpaired) electrons. The second-order valence-corrected chi connectivity index (χ2v) is 6.00. The largest absolute Gasteiger partial charge is 0.497 e. The van der Waals surface area contributed by atoms with Gasteiger partial charge in [0.25, 0.3) is 0 Å². The van der Waals surface area contributed by atoms with Crippen LogP contribution < -0.4 is 10.1 Å². The van der Waals surface area contributed by atoms with E-state index in [0.717, 1.165) is 35.8 Å². The van der Waals surface area contributed by atoms with E-state index in [9.17, 15) is 0 Å². The number of rotatable bonds is 8. The Hall–Kier alpha value is -1.60. The number of nitrogens with one attached hydrogen (secondary N) is 1. The van der Waals surface area contributed by atoms with Gasteiger partial charge in [-0.25, -0.2) is 4.68 Å². The first-order chi connectivity index (χ1) is 10.3. The van der Waals surface area contributed by atoms with E-state index >= 15 is 0 Å². The number of nitrogens with zero attached hydrogens (tertiary/aromatic N) is 4. The lowest BCUT2D eigenvalue weighted by atomic mass is 10.2. The molecular weight excluding hydrogens is 286 g/mol. The van der Waals surface area contributed by atoms with Crippen molar-refractivity contribution < 1.29 is 4.74 Å². The Balaban J connectivity index is 1.53. The quantitative estimate of drug-likeness (QED) is 0.749. The zero-order valence-corrected chi connectivity index (χ0v) is 12.8. The van der Waals surface area contributed by atoms with Gasteiger partial charge in [0.05, 0.1) is 13.7 Å². The predicted octanol–water partition coefficient (Wildman–Crippen LogP) is 1.73. The number of methoxy groups -OCH3 is 1. The Morgan fingerprint density at radius 2 is 2.33 bits per heavy atom. The minimum absolute atomic E-state index is 0.717. The highest BCUT2D eigenvalue weighted by Crippen LogP contribution is 2.22. The van der Waals surface area contributed by atoms with Crippen molar-refractivity contribution in [3.63, 3.8) is 0 Å². The molecule has 1 N–H and O–H groups in total. The van der Waals surface area contributed by atoms with E-state index in [-0.39, 0.29) is 0 Å². The van der Waals surface area contributed by atoms with Gasteiger partial charge in [0.2, 0.25) is 5.16 Å². The molecule has 3 rings (SSSR count). The molecule has 112 valence electrons. The number of benzene rings is 1. The van der Waals surface area contributed by atoms with Gasteiger partial charge >= 0.3 is 0 Å². The maximum atomic E-state index is 5.23. The van der Waals surface area contributed by atoms with Crippen LogP contribution in [0.2, 0.25) is 0 Å². The summed E-state index contributed by atoms with van der Waals surface area (Å²) in [6.45, 7) is 1.73. The number of aromatic nitrogens is 4. The molecule has 1 heterocycles. The van der Waals surface area contributed by atoms with E-state index in [1.54, 1.807) is 18.9 Å². The molecule has 0 atom stereocenters. The van der Waals surface area contributed by atoms with Crippen LogP contribution in [0.3, 0.4) is 0 Å². The Labute approximate surface area is 128 Å². The molecule has 0 saturated heterocycles. The highest BCUT2D eigenvalue weighted by atomic mass is 32.2. The summed E-state index contributed by atoms with van der Waals surface area (Å²) in [7, 11) is 1.68. The molecule has 6 nitrogen and oxygen atoms in total. The summed E-state index contributed by atoms with van der Waals surface area (Å²) in [5.41, 5.74) is 1.20. The molecule has 2 aromatic rings. The Bertz CT molecular complexity index is 584. The molecule has 0 unspecified atom stereocenters. The molecule has 1 aromatic carbocycles. The third kappa shape index (κ3) is 4.18. The fourth-order valence-electron chi connectivity index (χ4n) is 2.01. The van der Waals surface area contributed by atoms with Crippen molar-refractivity contribution in [2.45, 2.75) is 36.3 Å². The summed E-state index contributed by atoms with van der Waals surface area (Å²) in [4.78, 5) is 0. The standard InChI is InChI=1S/C14H19N5OS/c1-20-13-4-2-3-11(9-13)10-21-14-16-17-18-19(14)8-7-15-12-5-6-12/h2-4,9,12,15H,5-8,10H2,1H3. The average Bonchev–Trinajstić information content (AvgIpc) is 3.23. The lowest BCUT2D eigenvalue weighted by molar-refractivity contribution is 0.414. The van der Waals surface area contributed by atoms with Crippen LogP contribution in [0.15, 0.2) is 29.4 Å². The summed E-state index contributed by atoms with van der Waals surface area (Å²) in [5.74, 6) is 1.70. The van der Waals surface area contributed by atoms with Gasteiger partial charge in [-0.15, -0.1) is 5.10 Å². The smallest absolute Gasteiger partial charge is 0.209 e. The van der Waals surface area contributed by atoms with Gasteiger partial charge in [-0.1, -0.05) is 23.9 Å². The Kier molecular flexibility index (Phi) is 4.72. The number of tetrazole rings is 1. The summed E-state index contributed by atoms with van der Waals surface area (Å²) < 4.78 is 7.10. The van der Waals surface area contributed by atoms with Gasteiger partial charge in [0, 0.05) is 18.3 Å². The van der Waals surface area contributed by atoms with Crippen LogP contribution in [0.25, 0.3) is 0 Å². The third-order valence-corrected chi connectivity index (χ3v) is 4.36. The second-order valence-electron chi connectivity index (χ2n) is 5.05. The first-order valence-electron chi connectivity index (χ1n) is 7.10. The van der Waals surface area contributed by atoms with Gasteiger partial charge in [0.1, 0.15) is 5.75 Å². The minimum Gasteiger partial charge on any atom is -0.497 e. The fourth-order valence-corrected chi connectivity index (χ4v) is 2.86. The predicted molar refractivity (Wildman–Crippen MR) is 81.4 cm³/mol. The van der Waals surface area contributed by atoms with Gasteiger partial charge in [-0.3, -0.25) is 0 Å². The maximum Gasteiger partial charge on any atom is 0.209 e. The Morgan fingerprint density at radius 3 is 3.14 bits per heavy atom. The van der Waals surface area contributed by atoms with E-state index < -0.39 is 0 Å². The van der Waals surface area contributed by atoms with E-state index in [2.05, 4.69) is 26.9 Å². The number of hydrogen-bond acceptors (Lipinski definition) is 6. The number of hydrogen-bond donors (Lipinski definition) is 1. The SMILES string of the molecule is COc1cccc(CSc2nnnn2CCNC2CC2)c1. The topological polar surface area (TPSA) is 64.9 Å². The lowest BCUT2D eigenvalue weighted by Crippen LogP contribution is -2.22. The normalized spacial score (nSPS) is 14.3. The minimum atomic E-state index is 0.717. The van der Waals surface area contributed by atoms with Crippen molar-refractivity contribution in [2.24, 2.45) is 0 Å². The van der Waals surface area contributed by atoms with Crippen LogP contribution in [-0.2, 0) is 12.3 Å². The molecule has 1 aliphatic carbocycles. The lowest BCUT2D eigenvalue weighted by Gasteiger charge is -2.06. The van der Waals surface area contributed by atoms with Gasteiger partial charge < -0.3 is 10.1 Å². The first kappa shape index (κ1) is 14.3. The molecule has 1 fully saturated rings. The zero-order chi connectivity index (χ0) is 14.5. The molecular formula is C14H19N5OS. The second kappa shape index (κ2) is 6.91. The van der Waals surface area contributed by atoms with Crippen LogP contribution >= 0.6 is 11.8 Å². The molecule has 0 bridgehead atoms. The molecule has 1 aliphatic rings. The molecule has 0 spiro atoms. The maximum absolute atomic E-state index is 5.23. The molecule has 0 aliphatic heterocycles. The molecule has 1 saturated carbocycles. The zero-order valence-electron chi connectivity index (χ0n) is 12.0. The van der Waals surface area contributed by atoms with Gasteiger partial charge in [-0.2, -0.15) is 0 Å². The van der Waals surface area contributed by atoms with Crippen LogP contribution in [0.4, 0.5) is 0 Å². The number of thioether (sulfide) groups is 1. The Morgan fingerprint density at radius 1 is 1.43 bits per heavy atom. The summed E-state index contributed by atoms with van der Waals surface area (Å²) in [6, 6.07) is 8.78. The summed E-state index contributed by atoms with van der Waals surface area (Å²) in [5, 5.41) is 16.2. The van der Waals surface area contributed by atoms with E-state index in [1.165, 1.54) is 18.4 Å². The third-order valence-electron chi connectivity index (χ3n) is 3.34. The van der Waals surface area contributed by atoms with Crippen molar-refractivity contribution in [2.75, 3.05) is 13.7 Å². The van der Waals surface area contributed by atoms with Gasteiger partial charge in [-0.05, 0) is 41.0 Å². The van der Waals surface area contributed by atoms with Crippen molar-refractivity contribution in [1.29, 1.82) is 0 Å². The average molecular weight is 305 g/mol. The summed E-state index contributed by atoms with van der Waals surface area (Å²) >= 11 is 1.64. The van der Waals surface area contributed by atoms with Crippen molar-refractivity contribution in [3.05, 3.63) is 29.8 Å². The summed E-state index contributed by atoms with van der Waals surface area (Å²) in [6.07, 6.45) is 2.60. The van der Waals surface area contributed by atoms with Crippen LogP contribution in [0.5, 0.6) is 5.75 Å². The van der Waals surface area contributed by atoms with E-state index in [1.807, 2.05) is 22.9 Å². The van der Waals surface area contributed by atoms with Crippen LogP contribution in [0, 0.1) is 0 Å². The van der Waals surface area contributed by atoms with E-state index in [4.69, 9.17) is 4.74 Å². The van der Waals surface area contributed by atoms with Crippen molar-refractivity contribution >= 4 is 11.8 Å². The molecule has 1 aromatic heterocycles. The fraction of sp³-hybridized carbons (Fsp3) is 0.500. The highest BCUT2D eigenvalue weighted by molar-refractivity contribution is 7.98. The number of ether oxygens (including phenoxy) is 1. The monoisotopic (exact) mass is 305 g/mol. The van der Waals surface area contributed by atoms with Gasteiger partial charge in [0.15, 0.2) is 0 Å². The van der Waals surface area contributed by atoms with Crippen molar-refractivity contribution in [3.8, 4) is 5.75 Å². The molecule has 0 amide bonds. The molecule has 7 heteroatoms. The van der Waals surface area contributed by atoms with Crippen LogP contribution in [0.1, 0.15) is 18.4 Å². The van der Waals surface area contributed by atoms with Crippen LogP contribution in [-0.4, -0.2) is 39.9 Å². The van der Waals surface area contributed by atoms with E-state index in [0.29, 0.717) is 0 Å². The first-order valence-corrected chi connectivity index (χ1v) is 8.09. The molecule has 21 heavy (non-hydrogen) atoms. The van der Waals surface area contributed by atoms with Crippen molar-refractivity contribution in [1.82, 2.24) is 25.5 Å².